The third kappa shape index (κ3) is 4.38. The van der Waals surface area contributed by atoms with Crippen LogP contribution in [0.1, 0.15) is 16.7 Å². The molecule has 50 heavy (non-hydrogen) atoms. The predicted octanol–water partition coefficient (Wildman–Crippen LogP) is 10.8. The van der Waals surface area contributed by atoms with Crippen molar-refractivity contribution in [2.45, 2.75) is 0 Å². The number of aromatic nitrogens is 2. The number of rotatable bonds is 4. The van der Waals surface area contributed by atoms with E-state index in [0.29, 0.717) is 16.7 Å². The Morgan fingerprint density at radius 3 is 1.58 bits per heavy atom. The van der Waals surface area contributed by atoms with Crippen molar-refractivity contribution in [1.29, 1.82) is 15.8 Å². The van der Waals surface area contributed by atoms with E-state index in [-0.39, 0.29) is 0 Å². The van der Waals surface area contributed by atoms with Crippen LogP contribution in [0.15, 0.2) is 152 Å². The fourth-order valence-electron chi connectivity index (χ4n) is 7.38. The normalized spacial score (nSPS) is 11.1. The smallest absolute Gasteiger partial charge is 0.101 e. The summed E-state index contributed by atoms with van der Waals surface area (Å²) in [5.74, 6) is 0. The molecule has 0 aliphatic rings. The highest BCUT2D eigenvalue weighted by Crippen LogP contribution is 2.39. The lowest BCUT2D eigenvalue weighted by molar-refractivity contribution is 1.17. The quantitative estimate of drug-likeness (QED) is 0.193. The number of hydrogen-bond donors (Lipinski definition) is 0. The van der Waals surface area contributed by atoms with E-state index in [4.69, 9.17) is 0 Å². The minimum absolute atomic E-state index is 0.569. The Labute approximate surface area is 287 Å². The summed E-state index contributed by atoms with van der Waals surface area (Å²) in [5, 5.41) is 33.7. The summed E-state index contributed by atoms with van der Waals surface area (Å²) in [4.78, 5) is 0. The van der Waals surface area contributed by atoms with E-state index in [1.165, 1.54) is 0 Å². The molecule has 0 bridgehead atoms. The largest absolute Gasteiger partial charge is 0.309 e. The fourth-order valence-corrected chi connectivity index (χ4v) is 7.38. The second-order valence-corrected chi connectivity index (χ2v) is 12.3. The average Bonchev–Trinajstić information content (AvgIpc) is 3.69. The first-order valence-corrected chi connectivity index (χ1v) is 16.3. The van der Waals surface area contributed by atoms with Crippen LogP contribution in [0.5, 0.6) is 0 Å². The van der Waals surface area contributed by atoms with Crippen molar-refractivity contribution in [2.24, 2.45) is 0 Å². The van der Waals surface area contributed by atoms with E-state index in [2.05, 4.69) is 106 Å². The molecule has 230 valence electrons. The van der Waals surface area contributed by atoms with Gasteiger partial charge in [-0.2, -0.15) is 15.8 Å². The number of benzene rings is 7. The first kappa shape index (κ1) is 28.8. The molecule has 0 N–H and O–H groups in total. The SMILES string of the molecule is N#Cc1ccc2c(c1)c1ccccc1n2-c1cccc(-c2ccc(-c3cccc(C#N)c3-n3c4ccccc4c4cc(C#N)ccc43)cc2)c1. The van der Waals surface area contributed by atoms with Crippen LogP contribution in [-0.2, 0) is 0 Å². The molecule has 9 aromatic rings. The summed E-state index contributed by atoms with van der Waals surface area (Å²) in [6.45, 7) is 0. The number of fused-ring (bicyclic) bond motifs is 6. The summed E-state index contributed by atoms with van der Waals surface area (Å²) in [6, 6.07) is 57.9. The lowest BCUT2D eigenvalue weighted by Crippen LogP contribution is -2.01. The maximum absolute atomic E-state index is 10.3. The molecule has 2 aromatic heterocycles. The maximum atomic E-state index is 10.3. The highest BCUT2D eigenvalue weighted by atomic mass is 15.0. The molecule has 0 radical (unpaired) electrons. The van der Waals surface area contributed by atoms with Gasteiger partial charge in [-0.1, -0.05) is 84.9 Å². The van der Waals surface area contributed by atoms with Crippen molar-refractivity contribution in [3.8, 4) is 51.8 Å². The van der Waals surface area contributed by atoms with Gasteiger partial charge in [0.1, 0.15) is 6.07 Å². The van der Waals surface area contributed by atoms with Gasteiger partial charge in [0.05, 0.1) is 56.6 Å². The highest BCUT2D eigenvalue weighted by molar-refractivity contribution is 6.11. The van der Waals surface area contributed by atoms with Gasteiger partial charge in [0.2, 0.25) is 0 Å². The molecule has 0 aliphatic carbocycles. The molecule has 9 rings (SSSR count). The fraction of sp³-hybridized carbons (Fsp3) is 0. The van der Waals surface area contributed by atoms with Crippen LogP contribution in [0.4, 0.5) is 0 Å². The zero-order valence-electron chi connectivity index (χ0n) is 26.7. The second kappa shape index (κ2) is 11.4. The summed E-state index contributed by atoms with van der Waals surface area (Å²) < 4.78 is 4.41. The van der Waals surface area contributed by atoms with Gasteiger partial charge >= 0.3 is 0 Å². The first-order valence-electron chi connectivity index (χ1n) is 16.3. The minimum atomic E-state index is 0.569. The molecule has 7 aromatic carbocycles. The topological polar surface area (TPSA) is 81.2 Å². The van der Waals surface area contributed by atoms with Gasteiger partial charge in [0, 0.05) is 32.8 Å². The zero-order valence-corrected chi connectivity index (χ0v) is 26.7. The van der Waals surface area contributed by atoms with Crippen molar-refractivity contribution in [1.82, 2.24) is 9.13 Å². The Hall–Kier alpha value is -7.39. The Morgan fingerprint density at radius 1 is 0.380 bits per heavy atom. The van der Waals surface area contributed by atoms with Crippen LogP contribution in [0.2, 0.25) is 0 Å². The molecular weight excluding hydrogens is 611 g/mol. The number of para-hydroxylation sites is 3. The molecule has 0 fully saturated rings. The molecular formula is C45H25N5. The van der Waals surface area contributed by atoms with E-state index < -0.39 is 0 Å². The van der Waals surface area contributed by atoms with Gasteiger partial charge in [-0.3, -0.25) is 0 Å². The predicted molar refractivity (Wildman–Crippen MR) is 200 cm³/mol. The van der Waals surface area contributed by atoms with Gasteiger partial charge in [0.25, 0.3) is 0 Å². The molecule has 0 spiro atoms. The Morgan fingerprint density at radius 2 is 0.940 bits per heavy atom. The van der Waals surface area contributed by atoms with E-state index in [1.807, 2.05) is 72.8 Å². The monoisotopic (exact) mass is 635 g/mol. The molecule has 5 nitrogen and oxygen atoms in total. The van der Waals surface area contributed by atoms with E-state index >= 15 is 0 Å². The van der Waals surface area contributed by atoms with Crippen LogP contribution in [-0.4, -0.2) is 9.13 Å². The average molecular weight is 636 g/mol. The van der Waals surface area contributed by atoms with Crippen molar-refractivity contribution in [2.75, 3.05) is 0 Å². The third-order valence-corrected chi connectivity index (χ3v) is 9.62. The molecule has 0 unspecified atom stereocenters. The van der Waals surface area contributed by atoms with Crippen molar-refractivity contribution < 1.29 is 0 Å². The highest BCUT2D eigenvalue weighted by Gasteiger charge is 2.19. The van der Waals surface area contributed by atoms with Gasteiger partial charge in [-0.25, -0.2) is 0 Å². The molecule has 0 aliphatic heterocycles. The number of nitriles is 3. The standard InChI is InChI=1S/C45H25N5/c46-26-29-15-21-43-39(23-29)37-10-1-3-13-41(37)49(43)35-9-5-7-33(25-35)31-17-19-32(20-18-31)36-12-6-8-34(28-48)45(36)50-42-14-4-2-11-38(42)40-24-30(27-47)16-22-44(40)50/h1-25H. The lowest BCUT2D eigenvalue weighted by Gasteiger charge is -2.16. The maximum Gasteiger partial charge on any atom is 0.101 e. The second-order valence-electron chi connectivity index (χ2n) is 12.3. The molecule has 0 amide bonds. The van der Waals surface area contributed by atoms with Crippen LogP contribution in [0.3, 0.4) is 0 Å². The van der Waals surface area contributed by atoms with E-state index in [0.717, 1.165) is 77.2 Å². The number of hydrogen-bond acceptors (Lipinski definition) is 3. The van der Waals surface area contributed by atoms with Crippen LogP contribution < -0.4 is 0 Å². The van der Waals surface area contributed by atoms with Crippen LogP contribution in [0, 0.1) is 34.0 Å². The van der Waals surface area contributed by atoms with Crippen molar-refractivity contribution >= 4 is 43.6 Å². The summed E-state index contributed by atoms with van der Waals surface area (Å²) in [6.07, 6.45) is 0. The number of nitrogens with zero attached hydrogens (tertiary/aromatic N) is 5. The zero-order chi connectivity index (χ0) is 33.8. The Bertz CT molecular complexity index is 2960. The Kier molecular flexibility index (Phi) is 6.56. The molecule has 0 atom stereocenters. The molecule has 5 heteroatoms. The molecule has 0 saturated heterocycles. The van der Waals surface area contributed by atoms with Gasteiger partial charge < -0.3 is 9.13 Å². The van der Waals surface area contributed by atoms with Crippen molar-refractivity contribution in [3.05, 3.63) is 168 Å². The van der Waals surface area contributed by atoms with Gasteiger partial charge in [-0.15, -0.1) is 0 Å². The van der Waals surface area contributed by atoms with Crippen molar-refractivity contribution in [3.63, 3.8) is 0 Å². The molecule has 2 heterocycles. The van der Waals surface area contributed by atoms with E-state index in [9.17, 15) is 15.8 Å². The third-order valence-electron chi connectivity index (χ3n) is 9.62. The summed E-state index contributed by atoms with van der Waals surface area (Å²) in [5.41, 5.74) is 11.8. The van der Waals surface area contributed by atoms with Gasteiger partial charge in [-0.05, 0) is 83.4 Å². The first-order chi connectivity index (χ1) is 24.7. The molecule has 0 saturated carbocycles. The summed E-state index contributed by atoms with van der Waals surface area (Å²) >= 11 is 0. The minimum Gasteiger partial charge on any atom is -0.309 e. The van der Waals surface area contributed by atoms with E-state index in [1.54, 1.807) is 0 Å². The van der Waals surface area contributed by atoms with Gasteiger partial charge in [0.15, 0.2) is 0 Å². The Balaban J connectivity index is 1.17. The summed E-state index contributed by atoms with van der Waals surface area (Å²) in [7, 11) is 0. The van der Waals surface area contributed by atoms with Crippen LogP contribution in [0.25, 0.3) is 77.2 Å². The lowest BCUT2D eigenvalue weighted by atomic mass is 9.97. The van der Waals surface area contributed by atoms with Crippen LogP contribution >= 0.6 is 0 Å².